The monoisotopic (exact) mass is 360 g/mol. The molecule has 1 N–H and O–H groups in total. The van der Waals surface area contributed by atoms with Crippen LogP contribution in [0.2, 0.25) is 0 Å². The molecule has 0 radical (unpaired) electrons. The van der Waals surface area contributed by atoms with Crippen LogP contribution in [0.5, 0.6) is 0 Å². The number of halogens is 3. The Bertz CT molecular complexity index is 494. The maximum absolute atomic E-state index is 12.5. The Hall–Kier alpha value is -0.760. The van der Waals surface area contributed by atoms with Gasteiger partial charge < -0.3 is 10.1 Å². The van der Waals surface area contributed by atoms with Crippen LogP contribution < -0.4 is 5.32 Å². The molecular weight excluding hydrogens is 337 g/mol. The van der Waals surface area contributed by atoms with Gasteiger partial charge in [0.25, 0.3) is 0 Å². The van der Waals surface area contributed by atoms with E-state index in [9.17, 15) is 13.2 Å². The van der Waals surface area contributed by atoms with Gasteiger partial charge in [-0.1, -0.05) is 12.1 Å². The summed E-state index contributed by atoms with van der Waals surface area (Å²) in [6.45, 7) is 5.41. The zero-order valence-electron chi connectivity index (χ0n) is 13.5. The topological polar surface area (TPSA) is 24.5 Å². The van der Waals surface area contributed by atoms with Gasteiger partial charge >= 0.3 is 5.51 Å². The van der Waals surface area contributed by atoms with Crippen LogP contribution in [0, 0.1) is 5.92 Å². The third-order valence-corrected chi connectivity index (χ3v) is 5.45. The van der Waals surface area contributed by atoms with E-state index in [2.05, 4.69) is 10.2 Å². The Labute approximate surface area is 144 Å². The van der Waals surface area contributed by atoms with Crippen LogP contribution in [-0.2, 0) is 4.74 Å². The van der Waals surface area contributed by atoms with E-state index in [-0.39, 0.29) is 22.7 Å². The number of nitrogens with zero attached hydrogens (tertiary/aromatic N) is 1. The molecule has 0 aliphatic carbocycles. The molecule has 0 bridgehead atoms. The quantitative estimate of drug-likeness (QED) is 0.828. The Morgan fingerprint density at radius 3 is 2.29 bits per heavy atom. The first-order valence-electron chi connectivity index (χ1n) is 8.41. The Morgan fingerprint density at radius 2 is 1.71 bits per heavy atom. The fourth-order valence-corrected chi connectivity index (χ4v) is 4.18. The molecule has 0 aromatic heterocycles. The zero-order valence-corrected chi connectivity index (χ0v) is 14.3. The molecule has 0 saturated carbocycles. The van der Waals surface area contributed by atoms with Crippen LogP contribution in [0.25, 0.3) is 0 Å². The molecule has 2 aliphatic rings. The lowest BCUT2D eigenvalue weighted by Gasteiger charge is -2.41. The summed E-state index contributed by atoms with van der Waals surface area (Å²) in [5.41, 5.74) is -3.12. The average Bonchev–Trinajstić information content (AvgIpc) is 2.57. The van der Waals surface area contributed by atoms with Gasteiger partial charge in [-0.05, 0) is 48.2 Å². The molecule has 1 atom stereocenters. The Balaban J connectivity index is 1.78. The molecule has 24 heavy (non-hydrogen) atoms. The molecule has 2 heterocycles. The standard InChI is InChI=1S/C17H23F3N2OS/c18-17(19,20)24-15-3-1-13(2-4-15)16(14-5-11-23-12-6-14)22-9-7-21-8-10-22/h1-4,14,16,21H,5-12H2/t16-/m1/s1. The van der Waals surface area contributed by atoms with E-state index >= 15 is 0 Å². The lowest BCUT2D eigenvalue weighted by molar-refractivity contribution is -0.0328. The summed E-state index contributed by atoms with van der Waals surface area (Å²) in [5.74, 6) is 0.498. The predicted molar refractivity (Wildman–Crippen MR) is 89.1 cm³/mol. The van der Waals surface area contributed by atoms with Crippen molar-refractivity contribution in [3.05, 3.63) is 29.8 Å². The van der Waals surface area contributed by atoms with E-state index in [1.165, 1.54) is 0 Å². The highest BCUT2D eigenvalue weighted by Crippen LogP contribution is 2.39. The van der Waals surface area contributed by atoms with Crippen molar-refractivity contribution in [3.63, 3.8) is 0 Å². The molecule has 2 fully saturated rings. The van der Waals surface area contributed by atoms with Crippen molar-refractivity contribution < 1.29 is 17.9 Å². The lowest BCUT2D eigenvalue weighted by atomic mass is 9.85. The van der Waals surface area contributed by atoms with Crippen molar-refractivity contribution in [3.8, 4) is 0 Å². The number of hydrogen-bond donors (Lipinski definition) is 1. The third kappa shape index (κ3) is 4.88. The molecule has 0 spiro atoms. The van der Waals surface area contributed by atoms with Gasteiger partial charge in [0.1, 0.15) is 0 Å². The van der Waals surface area contributed by atoms with Gasteiger partial charge in [0.2, 0.25) is 0 Å². The second kappa shape index (κ2) is 8.08. The van der Waals surface area contributed by atoms with Crippen LogP contribution >= 0.6 is 11.8 Å². The Morgan fingerprint density at radius 1 is 1.08 bits per heavy atom. The highest BCUT2D eigenvalue weighted by Gasteiger charge is 2.32. The second-order valence-electron chi connectivity index (χ2n) is 6.30. The van der Waals surface area contributed by atoms with Crippen LogP contribution in [0.1, 0.15) is 24.4 Å². The van der Waals surface area contributed by atoms with Crippen molar-refractivity contribution in [2.24, 2.45) is 5.92 Å². The van der Waals surface area contributed by atoms with E-state index in [0.717, 1.165) is 57.8 Å². The second-order valence-corrected chi connectivity index (χ2v) is 7.44. The van der Waals surface area contributed by atoms with Crippen LogP contribution in [-0.4, -0.2) is 49.8 Å². The maximum Gasteiger partial charge on any atom is 0.446 e. The van der Waals surface area contributed by atoms with E-state index in [1.54, 1.807) is 12.1 Å². The summed E-state index contributed by atoms with van der Waals surface area (Å²) in [7, 11) is 0. The number of thioether (sulfide) groups is 1. The summed E-state index contributed by atoms with van der Waals surface area (Å²) in [5, 5.41) is 3.36. The van der Waals surface area contributed by atoms with E-state index in [1.807, 2.05) is 12.1 Å². The molecule has 7 heteroatoms. The van der Waals surface area contributed by atoms with Crippen LogP contribution in [0.3, 0.4) is 0 Å². The normalized spacial score (nSPS) is 22.5. The molecule has 134 valence electrons. The first-order chi connectivity index (χ1) is 11.5. The SMILES string of the molecule is FC(F)(F)Sc1ccc([C@H](C2CCOCC2)N2CCNCC2)cc1. The first kappa shape index (κ1) is 18.0. The summed E-state index contributed by atoms with van der Waals surface area (Å²) in [6, 6.07) is 7.21. The van der Waals surface area contributed by atoms with Crippen molar-refractivity contribution >= 4 is 11.8 Å². The molecule has 2 aliphatic heterocycles. The number of alkyl halides is 3. The van der Waals surface area contributed by atoms with E-state index in [4.69, 9.17) is 4.74 Å². The highest BCUT2D eigenvalue weighted by molar-refractivity contribution is 8.00. The van der Waals surface area contributed by atoms with Gasteiger partial charge in [-0.25, -0.2) is 0 Å². The number of rotatable bonds is 4. The molecular formula is C17H23F3N2OS. The smallest absolute Gasteiger partial charge is 0.381 e. The minimum absolute atomic E-state index is 0.0513. The van der Waals surface area contributed by atoms with Gasteiger partial charge in [-0.3, -0.25) is 4.90 Å². The van der Waals surface area contributed by atoms with Crippen molar-refractivity contribution in [2.45, 2.75) is 29.3 Å². The Kier molecular flexibility index (Phi) is 6.07. The predicted octanol–water partition coefficient (Wildman–Crippen LogP) is 3.67. The molecule has 0 amide bonds. The first-order valence-corrected chi connectivity index (χ1v) is 9.23. The summed E-state index contributed by atoms with van der Waals surface area (Å²) in [6.07, 6.45) is 2.02. The fourth-order valence-electron chi connectivity index (χ4n) is 3.64. The van der Waals surface area contributed by atoms with Gasteiger partial charge in [0.05, 0.1) is 0 Å². The van der Waals surface area contributed by atoms with Gasteiger partial charge in [0, 0.05) is 50.3 Å². The molecule has 0 unspecified atom stereocenters. The van der Waals surface area contributed by atoms with Crippen molar-refractivity contribution in [1.82, 2.24) is 10.2 Å². The third-order valence-electron chi connectivity index (χ3n) is 4.71. The average molecular weight is 360 g/mol. The maximum atomic E-state index is 12.5. The minimum atomic E-state index is -4.24. The number of piperazine rings is 1. The highest BCUT2D eigenvalue weighted by atomic mass is 32.2. The number of hydrogen-bond acceptors (Lipinski definition) is 4. The van der Waals surface area contributed by atoms with Gasteiger partial charge in [-0.2, -0.15) is 13.2 Å². The minimum Gasteiger partial charge on any atom is -0.381 e. The molecule has 1 aromatic rings. The summed E-state index contributed by atoms with van der Waals surface area (Å²) < 4.78 is 43.0. The largest absolute Gasteiger partial charge is 0.446 e. The summed E-state index contributed by atoms with van der Waals surface area (Å²) in [4.78, 5) is 2.72. The number of nitrogens with one attached hydrogen (secondary N) is 1. The molecule has 3 rings (SSSR count). The fraction of sp³-hybridized carbons (Fsp3) is 0.647. The van der Waals surface area contributed by atoms with Crippen LogP contribution in [0.15, 0.2) is 29.2 Å². The molecule has 1 aromatic carbocycles. The van der Waals surface area contributed by atoms with Crippen molar-refractivity contribution in [2.75, 3.05) is 39.4 Å². The lowest BCUT2D eigenvalue weighted by Crippen LogP contribution is -2.47. The van der Waals surface area contributed by atoms with Crippen molar-refractivity contribution in [1.29, 1.82) is 0 Å². The molecule has 3 nitrogen and oxygen atoms in total. The van der Waals surface area contributed by atoms with Gasteiger partial charge in [-0.15, -0.1) is 0 Å². The number of benzene rings is 1. The van der Waals surface area contributed by atoms with E-state index in [0.29, 0.717) is 5.92 Å². The summed E-state index contributed by atoms with van der Waals surface area (Å²) >= 11 is -0.0513. The van der Waals surface area contributed by atoms with E-state index < -0.39 is 5.51 Å². The molecule has 2 saturated heterocycles. The van der Waals surface area contributed by atoms with Crippen LogP contribution in [0.4, 0.5) is 13.2 Å². The van der Waals surface area contributed by atoms with Gasteiger partial charge in [0.15, 0.2) is 0 Å². The number of ether oxygens (including phenoxy) is 1. The zero-order chi connectivity index (χ0) is 17.0.